The summed E-state index contributed by atoms with van der Waals surface area (Å²) in [4.78, 5) is 0. The molecule has 1 atom stereocenters. The monoisotopic (exact) mass is 271 g/mol. The first-order valence-electron chi connectivity index (χ1n) is 6.36. The van der Waals surface area contributed by atoms with E-state index in [1.807, 2.05) is 48.9 Å². The number of nitrogens with one attached hydrogen (secondary N) is 1. The van der Waals surface area contributed by atoms with E-state index in [0.717, 1.165) is 11.4 Å². The normalized spacial score (nSPS) is 11.8. The Hall–Kier alpha value is -2.39. The number of hydrogen-bond acceptors (Lipinski definition) is 5. The summed E-state index contributed by atoms with van der Waals surface area (Å²) in [6.45, 7) is 2.80. The Kier molecular flexibility index (Phi) is 4.69. The van der Waals surface area contributed by atoms with Gasteiger partial charge in [0.05, 0.1) is 6.04 Å². The van der Waals surface area contributed by atoms with Crippen molar-refractivity contribution in [2.45, 2.75) is 19.5 Å². The third-order valence-corrected chi connectivity index (χ3v) is 2.95. The van der Waals surface area contributed by atoms with E-state index in [1.165, 1.54) is 0 Å². The first kappa shape index (κ1) is 14.0. The number of rotatable bonds is 6. The fourth-order valence-corrected chi connectivity index (χ4v) is 1.91. The summed E-state index contributed by atoms with van der Waals surface area (Å²) >= 11 is 0. The number of hydrogen-bond donors (Lipinski definition) is 1. The van der Waals surface area contributed by atoms with E-state index in [0.29, 0.717) is 12.3 Å². The molecule has 2 rings (SSSR count). The van der Waals surface area contributed by atoms with Gasteiger partial charge < -0.3 is 14.6 Å². The lowest BCUT2D eigenvalue weighted by atomic mass is 10.2. The molecule has 6 heteroatoms. The van der Waals surface area contributed by atoms with Crippen molar-refractivity contribution in [2.75, 3.05) is 6.61 Å². The second kappa shape index (κ2) is 6.68. The fraction of sp³-hybridized carbons (Fsp3) is 0.357. The van der Waals surface area contributed by atoms with Crippen molar-refractivity contribution in [3.63, 3.8) is 0 Å². The van der Waals surface area contributed by atoms with Crippen LogP contribution in [0.5, 0.6) is 5.75 Å². The van der Waals surface area contributed by atoms with Crippen molar-refractivity contribution in [3.8, 4) is 11.8 Å². The molecular formula is C14H17N5O. The Bertz CT molecular complexity index is 602. The largest absolute Gasteiger partial charge is 0.479 e. The maximum Gasteiger partial charge on any atom is 0.174 e. The predicted molar refractivity (Wildman–Crippen MR) is 73.8 cm³/mol. The van der Waals surface area contributed by atoms with Crippen LogP contribution in [0.4, 0.5) is 0 Å². The third-order valence-electron chi connectivity index (χ3n) is 2.95. The molecule has 0 saturated heterocycles. The van der Waals surface area contributed by atoms with Gasteiger partial charge in [0.25, 0.3) is 0 Å². The molecule has 0 aliphatic carbocycles. The van der Waals surface area contributed by atoms with Gasteiger partial charge in [0.2, 0.25) is 0 Å². The van der Waals surface area contributed by atoms with Gasteiger partial charge in [-0.3, -0.25) is 0 Å². The van der Waals surface area contributed by atoms with Gasteiger partial charge in [-0.25, -0.2) is 0 Å². The lowest BCUT2D eigenvalue weighted by molar-refractivity contribution is 0.367. The molecule has 2 aromatic rings. The summed E-state index contributed by atoms with van der Waals surface area (Å²) < 4.78 is 7.17. The molecule has 1 heterocycles. The summed E-state index contributed by atoms with van der Waals surface area (Å²) in [7, 11) is 1.92. The quantitative estimate of drug-likeness (QED) is 0.863. The number of ether oxygens (including phenoxy) is 1. The molecule has 1 aromatic heterocycles. The van der Waals surface area contributed by atoms with Crippen molar-refractivity contribution in [1.82, 2.24) is 20.1 Å². The predicted octanol–water partition coefficient (Wildman–Crippen LogP) is 1.57. The number of aromatic nitrogens is 3. The van der Waals surface area contributed by atoms with Crippen LogP contribution in [-0.2, 0) is 13.6 Å². The van der Waals surface area contributed by atoms with Crippen LogP contribution in [0.25, 0.3) is 0 Å². The molecule has 0 aliphatic rings. The molecule has 6 nitrogen and oxygen atoms in total. The molecule has 1 aromatic carbocycles. The van der Waals surface area contributed by atoms with Crippen molar-refractivity contribution < 1.29 is 4.74 Å². The minimum absolute atomic E-state index is 0.0617. The van der Waals surface area contributed by atoms with Gasteiger partial charge in [0, 0.05) is 13.6 Å². The molecule has 0 saturated carbocycles. The molecule has 104 valence electrons. The number of benzene rings is 1. The third kappa shape index (κ3) is 3.56. The van der Waals surface area contributed by atoms with Gasteiger partial charge in [-0.05, 0) is 24.6 Å². The maximum absolute atomic E-state index is 8.50. The standard InChI is InChI=1S/C14H17N5O/c1-11(14-18-17-10-19(14)2)16-9-12-4-3-5-13(8-12)20-7-6-15/h3-5,8,10-11,16H,7,9H2,1-2H3. The van der Waals surface area contributed by atoms with Crippen molar-refractivity contribution in [2.24, 2.45) is 7.05 Å². The highest BCUT2D eigenvalue weighted by Gasteiger charge is 2.10. The zero-order chi connectivity index (χ0) is 14.4. The van der Waals surface area contributed by atoms with Crippen LogP contribution in [0.1, 0.15) is 24.4 Å². The Morgan fingerprint density at radius 2 is 2.35 bits per heavy atom. The first-order chi connectivity index (χ1) is 9.70. The molecule has 0 amide bonds. The SMILES string of the molecule is CC(NCc1cccc(OCC#N)c1)c1nncn1C. The van der Waals surface area contributed by atoms with Crippen LogP contribution in [0.3, 0.4) is 0 Å². The van der Waals surface area contributed by atoms with Gasteiger partial charge in [-0.1, -0.05) is 12.1 Å². The lowest BCUT2D eigenvalue weighted by Crippen LogP contribution is -2.21. The zero-order valence-electron chi connectivity index (χ0n) is 11.6. The van der Waals surface area contributed by atoms with E-state index >= 15 is 0 Å². The molecule has 0 radical (unpaired) electrons. The fourth-order valence-electron chi connectivity index (χ4n) is 1.91. The molecule has 0 bridgehead atoms. The van der Waals surface area contributed by atoms with E-state index in [4.69, 9.17) is 10.00 Å². The molecule has 1 N–H and O–H groups in total. The summed E-state index contributed by atoms with van der Waals surface area (Å²) in [5.41, 5.74) is 1.09. The lowest BCUT2D eigenvalue weighted by Gasteiger charge is -2.13. The minimum atomic E-state index is 0.0617. The van der Waals surface area contributed by atoms with Crippen LogP contribution in [0.15, 0.2) is 30.6 Å². The Balaban J connectivity index is 1.94. The van der Waals surface area contributed by atoms with Gasteiger partial charge in [0.1, 0.15) is 24.0 Å². The summed E-state index contributed by atoms with van der Waals surface area (Å²) in [6, 6.07) is 9.75. The van der Waals surface area contributed by atoms with Crippen LogP contribution < -0.4 is 10.1 Å². The zero-order valence-corrected chi connectivity index (χ0v) is 11.6. The van der Waals surface area contributed by atoms with Crippen LogP contribution in [0.2, 0.25) is 0 Å². The van der Waals surface area contributed by atoms with E-state index in [9.17, 15) is 0 Å². The minimum Gasteiger partial charge on any atom is -0.479 e. The number of nitrogens with zero attached hydrogens (tertiary/aromatic N) is 4. The second-order valence-electron chi connectivity index (χ2n) is 4.50. The second-order valence-corrected chi connectivity index (χ2v) is 4.50. The van der Waals surface area contributed by atoms with E-state index in [-0.39, 0.29) is 12.6 Å². The Morgan fingerprint density at radius 1 is 1.50 bits per heavy atom. The van der Waals surface area contributed by atoms with Crippen LogP contribution >= 0.6 is 0 Å². The van der Waals surface area contributed by atoms with E-state index in [2.05, 4.69) is 15.5 Å². The first-order valence-corrected chi connectivity index (χ1v) is 6.36. The van der Waals surface area contributed by atoms with Crippen molar-refractivity contribution >= 4 is 0 Å². The van der Waals surface area contributed by atoms with Gasteiger partial charge in [-0.2, -0.15) is 5.26 Å². The van der Waals surface area contributed by atoms with Gasteiger partial charge in [0.15, 0.2) is 6.61 Å². The summed E-state index contributed by atoms with van der Waals surface area (Å²) in [5.74, 6) is 1.60. The van der Waals surface area contributed by atoms with Gasteiger partial charge in [-0.15, -0.1) is 10.2 Å². The highest BCUT2D eigenvalue weighted by atomic mass is 16.5. The average Bonchev–Trinajstić information content (AvgIpc) is 2.89. The molecule has 1 unspecified atom stereocenters. The number of aryl methyl sites for hydroxylation is 1. The van der Waals surface area contributed by atoms with Crippen molar-refractivity contribution in [1.29, 1.82) is 5.26 Å². The van der Waals surface area contributed by atoms with E-state index in [1.54, 1.807) is 6.33 Å². The molecule has 20 heavy (non-hydrogen) atoms. The van der Waals surface area contributed by atoms with Gasteiger partial charge >= 0.3 is 0 Å². The Morgan fingerprint density at radius 3 is 3.05 bits per heavy atom. The van der Waals surface area contributed by atoms with Crippen LogP contribution in [0, 0.1) is 11.3 Å². The van der Waals surface area contributed by atoms with E-state index < -0.39 is 0 Å². The molecule has 0 spiro atoms. The maximum atomic E-state index is 8.50. The topological polar surface area (TPSA) is 75.8 Å². The average molecular weight is 271 g/mol. The van der Waals surface area contributed by atoms with Crippen molar-refractivity contribution in [3.05, 3.63) is 42.0 Å². The number of nitriles is 1. The summed E-state index contributed by atoms with van der Waals surface area (Å²) in [6.07, 6.45) is 1.68. The molecular weight excluding hydrogens is 254 g/mol. The molecule has 0 aliphatic heterocycles. The highest BCUT2D eigenvalue weighted by Crippen LogP contribution is 2.14. The highest BCUT2D eigenvalue weighted by molar-refractivity contribution is 5.28. The molecule has 0 fully saturated rings. The van der Waals surface area contributed by atoms with Crippen LogP contribution in [-0.4, -0.2) is 21.4 Å². The summed E-state index contributed by atoms with van der Waals surface area (Å²) in [5, 5.41) is 19.8. The smallest absolute Gasteiger partial charge is 0.174 e. The Labute approximate surface area is 118 Å².